The van der Waals surface area contributed by atoms with Gasteiger partial charge in [0.1, 0.15) is 23.2 Å². The van der Waals surface area contributed by atoms with Gasteiger partial charge in [-0.2, -0.15) is 0 Å². The summed E-state index contributed by atoms with van der Waals surface area (Å²) in [5, 5.41) is 12.0. The molecule has 11 heteroatoms. The average molecular weight is 1190 g/mol. The average Bonchev–Trinajstić information content (AvgIpc) is 3.43. The third kappa shape index (κ3) is 19.3. The van der Waals surface area contributed by atoms with E-state index in [1.54, 1.807) is 5.82 Å². The van der Waals surface area contributed by atoms with Crippen LogP contribution in [0.3, 0.4) is 0 Å². The molecule has 0 aromatic heterocycles. The fourth-order valence-electron chi connectivity index (χ4n) is 7.02. The molecule has 9 aromatic carbocycles. The minimum atomic E-state index is -6.00. The van der Waals surface area contributed by atoms with Crippen molar-refractivity contribution in [1.29, 1.82) is 0 Å². The molecule has 71 heavy (non-hydrogen) atoms. The van der Waals surface area contributed by atoms with Crippen molar-refractivity contribution >= 4 is 93.5 Å². The van der Waals surface area contributed by atoms with Gasteiger partial charge in [-0.3, -0.25) is 6.58 Å². The maximum Gasteiger partial charge on any atom is -0.0134 e. The quantitative estimate of drug-likeness (QED) is 0.0415. The first kappa shape index (κ1) is 57.7. The van der Waals surface area contributed by atoms with Gasteiger partial charge in [0.2, 0.25) is 0 Å². The molecule has 0 atom stereocenters. The maximum absolute atomic E-state index is 9.75. The van der Waals surface area contributed by atoms with Crippen molar-refractivity contribution < 1.29 is 39.7 Å². The maximum atomic E-state index is 9.75. The Hall–Kier alpha value is -5.87. The van der Waals surface area contributed by atoms with E-state index in [2.05, 4.69) is 264 Å². The van der Waals surface area contributed by atoms with Gasteiger partial charge in [-0.15, -0.1) is 0 Å². The molecular formula is C60H51BClF4OOsP3-. The summed E-state index contributed by atoms with van der Waals surface area (Å²) >= 11 is 1.33. The summed E-state index contributed by atoms with van der Waals surface area (Å²) < 4.78 is 39.0. The van der Waals surface area contributed by atoms with Gasteiger partial charge in [-0.1, -0.05) is 244 Å². The zero-order valence-electron chi connectivity index (χ0n) is 38.8. The summed E-state index contributed by atoms with van der Waals surface area (Å²) in [7, 11) is -4.22. The molecule has 0 unspecified atom stereocenters. The molecule has 0 bridgehead atoms. The molecule has 0 amide bonds. The van der Waals surface area contributed by atoms with Gasteiger partial charge < -0.3 is 22.1 Å². The van der Waals surface area contributed by atoms with E-state index in [-0.39, 0.29) is 5.78 Å². The van der Waals surface area contributed by atoms with Crippen LogP contribution in [0.2, 0.25) is 0 Å². The van der Waals surface area contributed by atoms with Gasteiger partial charge in [-0.25, -0.2) is 6.08 Å². The van der Waals surface area contributed by atoms with E-state index in [0.29, 0.717) is 0 Å². The van der Waals surface area contributed by atoms with Crippen LogP contribution in [0, 0.1) is 13.2 Å². The number of ketones is 1. The van der Waals surface area contributed by atoms with Gasteiger partial charge in [0, 0.05) is 6.58 Å². The van der Waals surface area contributed by atoms with E-state index in [9.17, 15) is 22.1 Å². The Morgan fingerprint density at radius 2 is 0.563 bits per heavy atom. The molecule has 0 fully saturated rings. The fraction of sp³-hybridized carbons (Fsp3) is 0.0167. The van der Waals surface area contributed by atoms with Gasteiger partial charge in [0.25, 0.3) is 0 Å². The number of benzene rings is 9. The molecule has 0 saturated heterocycles. The predicted molar refractivity (Wildman–Crippen MR) is 299 cm³/mol. The second kappa shape index (κ2) is 32.2. The zero-order chi connectivity index (χ0) is 51.2. The van der Waals surface area contributed by atoms with Crippen molar-refractivity contribution in [1.82, 2.24) is 0 Å². The second-order valence-corrected chi connectivity index (χ2v) is 22.5. The van der Waals surface area contributed by atoms with Crippen molar-refractivity contribution in [3.05, 3.63) is 298 Å². The number of carbonyl (C=O) groups is 1. The first-order valence-corrected chi connectivity index (χ1v) is 29.8. The standard InChI is InChI=1S/C20H16P.2C18H15P.C4H5O.BF4.ClH.Os/c1-2-21(18-12-6-3-7-13-18,19-14-8-4-9-15-19)20-16-10-5-11-17-20;2*1-4-10-16(11-5-1)19(17-12-6-2-7-13-17)18-14-8-3-9-15-18;1-3-4(2)5;2-1(3,4)5;;/h2-17H;2*1-15H;1,3H,2H3;;1H;/q+1;;;2*-1;;+1/p-1. The Kier molecular flexibility index (Phi) is 26.2. The third-order valence-electron chi connectivity index (χ3n) is 10.0. The van der Waals surface area contributed by atoms with Crippen molar-refractivity contribution in [2.45, 2.75) is 6.92 Å². The smallest absolute Gasteiger partial charge is 0.0134 e. The van der Waals surface area contributed by atoms with Gasteiger partial charge in [-0.05, 0) is 89.9 Å². The molecule has 0 aliphatic heterocycles. The number of allylic oxidation sites excluding steroid dienone is 1. The van der Waals surface area contributed by atoms with Crippen molar-refractivity contribution in [3.8, 4) is 0 Å². The SMILES string of the molecule is F[B-](F)(F)F.[CH-]=CC(C)=O.[C]=C[P+](c1ccccc1)(c1ccccc1)c1ccccc1.[Cl][Os].c1ccc(P(c2ccccc2)c2ccccc2)cc1.c1ccc(P(c2ccccc2)c2ccccc2)cc1. The molecule has 0 aliphatic rings. The molecule has 2 radical (unpaired) electrons. The second-order valence-electron chi connectivity index (χ2n) is 14.8. The minimum absolute atomic E-state index is 0.0926. The van der Waals surface area contributed by atoms with Crippen LogP contribution in [0.1, 0.15) is 6.92 Å². The molecule has 9 rings (SSSR count). The molecule has 0 spiro atoms. The number of carbonyl (C=O) groups excluding carboxylic acids is 1. The Labute approximate surface area is 435 Å². The van der Waals surface area contributed by atoms with Crippen LogP contribution in [0.15, 0.2) is 285 Å². The summed E-state index contributed by atoms with van der Waals surface area (Å²) in [6.45, 7) is 14.3. The Balaban J connectivity index is 0.000000208. The largest absolute Gasteiger partial charge is 0.0622 e. The van der Waals surface area contributed by atoms with Gasteiger partial charge >= 0.3 is 34.5 Å². The van der Waals surface area contributed by atoms with Crippen molar-refractivity contribution in [2.24, 2.45) is 0 Å². The van der Waals surface area contributed by atoms with Crippen LogP contribution in [0.5, 0.6) is 0 Å². The first-order valence-electron chi connectivity index (χ1n) is 22.1. The van der Waals surface area contributed by atoms with Gasteiger partial charge in [0.15, 0.2) is 0 Å². The molecule has 9 aromatic rings. The van der Waals surface area contributed by atoms with E-state index < -0.39 is 30.4 Å². The Morgan fingerprint density at radius 1 is 0.423 bits per heavy atom. The van der Waals surface area contributed by atoms with Crippen LogP contribution in [-0.4, -0.2) is 13.0 Å². The summed E-state index contributed by atoms with van der Waals surface area (Å²) in [5.74, 6) is 1.57. The third-order valence-corrected chi connectivity index (χ3v) is 18.6. The predicted octanol–water partition coefficient (Wildman–Crippen LogP) is 13.2. The van der Waals surface area contributed by atoms with Crippen molar-refractivity contribution in [2.75, 3.05) is 0 Å². The zero-order valence-corrected chi connectivity index (χ0v) is 44.8. The van der Waals surface area contributed by atoms with Crippen LogP contribution < -0.4 is 47.7 Å². The van der Waals surface area contributed by atoms with Crippen LogP contribution in [0.25, 0.3) is 0 Å². The Morgan fingerprint density at radius 3 is 0.690 bits per heavy atom. The summed E-state index contributed by atoms with van der Waals surface area (Å²) in [6.07, 6.45) is 1.03. The molecule has 359 valence electrons. The number of hydrogen-bond donors (Lipinski definition) is 0. The normalized spacial score (nSPS) is 10.3. The Bertz CT molecular complexity index is 2420. The summed E-state index contributed by atoms with van der Waals surface area (Å²) in [4.78, 5) is 9.63. The summed E-state index contributed by atoms with van der Waals surface area (Å²) in [6, 6.07) is 95.9. The summed E-state index contributed by atoms with van der Waals surface area (Å²) in [5.41, 5.74) is 0. The van der Waals surface area contributed by atoms with Gasteiger partial charge in [0.05, 0.1) is 5.82 Å². The van der Waals surface area contributed by atoms with Crippen LogP contribution in [0.4, 0.5) is 17.3 Å². The monoisotopic (exact) mass is 1190 g/mol. The molecule has 0 aliphatic carbocycles. The topological polar surface area (TPSA) is 17.1 Å². The number of halogens is 5. The molecular weight excluding hydrogens is 1140 g/mol. The van der Waals surface area contributed by atoms with E-state index in [4.69, 9.17) is 13.2 Å². The van der Waals surface area contributed by atoms with Crippen molar-refractivity contribution in [3.63, 3.8) is 0 Å². The number of hydrogen-bond acceptors (Lipinski definition) is 1. The molecule has 0 N–H and O–H groups in total. The molecule has 0 heterocycles. The molecule has 0 saturated carbocycles. The van der Waals surface area contributed by atoms with Crippen LogP contribution in [-0.2, 0) is 22.4 Å². The number of rotatable bonds is 11. The molecule has 1 nitrogen and oxygen atoms in total. The van der Waals surface area contributed by atoms with E-state index in [1.807, 2.05) is 18.2 Å². The fourth-order valence-corrected chi connectivity index (χ4v) is 14.9. The minimum Gasteiger partial charge on any atom is -0.0622 e. The van der Waals surface area contributed by atoms with E-state index in [0.717, 1.165) is 6.08 Å². The van der Waals surface area contributed by atoms with E-state index >= 15 is 0 Å². The first-order chi connectivity index (χ1) is 34.5. The van der Waals surface area contributed by atoms with E-state index in [1.165, 1.54) is 72.3 Å². The van der Waals surface area contributed by atoms with Crippen LogP contribution >= 0.6 is 32.7 Å².